The second kappa shape index (κ2) is 7.01. The van der Waals surface area contributed by atoms with Crippen molar-refractivity contribution >= 4 is 23.0 Å². The number of fused-ring (bicyclic) bond motifs is 1. The zero-order valence-electron chi connectivity index (χ0n) is 15.0. The maximum Gasteiger partial charge on any atom is 0.253 e. The van der Waals surface area contributed by atoms with Gasteiger partial charge in [-0.3, -0.25) is 9.59 Å². The summed E-state index contributed by atoms with van der Waals surface area (Å²) in [5.74, 6) is -0.0599. The first-order valence-electron chi connectivity index (χ1n) is 9.37. The van der Waals surface area contributed by atoms with E-state index in [1.54, 1.807) is 17.8 Å². The Morgan fingerprint density at radius 3 is 2.77 bits per heavy atom. The molecule has 1 N–H and O–H groups in total. The number of hydrogen-bond acceptors (Lipinski definition) is 5. The van der Waals surface area contributed by atoms with E-state index in [4.69, 9.17) is 0 Å². The molecule has 2 fully saturated rings. The molecule has 1 unspecified atom stereocenters. The predicted octanol–water partition coefficient (Wildman–Crippen LogP) is 1.42. The minimum Gasteiger partial charge on any atom is -0.347 e. The van der Waals surface area contributed by atoms with Crippen molar-refractivity contribution < 1.29 is 9.59 Å². The zero-order chi connectivity index (χ0) is 18.1. The number of carbonyl (C=O) groups is 2. The van der Waals surface area contributed by atoms with Gasteiger partial charge in [0.1, 0.15) is 5.52 Å². The van der Waals surface area contributed by atoms with E-state index in [0.29, 0.717) is 35.7 Å². The second-order valence-electron chi connectivity index (χ2n) is 7.35. The summed E-state index contributed by atoms with van der Waals surface area (Å²) in [5.41, 5.74) is 1.67. The highest BCUT2D eigenvalue weighted by Crippen LogP contribution is 2.26. The van der Waals surface area contributed by atoms with Gasteiger partial charge in [-0.2, -0.15) is 0 Å². The van der Waals surface area contributed by atoms with Gasteiger partial charge in [0.15, 0.2) is 5.65 Å². The molecular weight excluding hydrogens is 332 g/mol. The lowest BCUT2D eigenvalue weighted by Gasteiger charge is -2.27. The summed E-state index contributed by atoms with van der Waals surface area (Å²) in [6.07, 6.45) is 8.97. The number of amides is 2. The minimum absolute atomic E-state index is 0.143. The van der Waals surface area contributed by atoms with Gasteiger partial charge in [-0.1, -0.05) is 30.9 Å². The van der Waals surface area contributed by atoms with Crippen LogP contribution in [0.25, 0.3) is 11.2 Å². The van der Waals surface area contributed by atoms with E-state index in [1.165, 1.54) is 31.9 Å². The Morgan fingerprint density at radius 2 is 2.00 bits per heavy atom. The molecule has 2 aromatic rings. The predicted molar refractivity (Wildman–Crippen MR) is 95.4 cm³/mol. The van der Waals surface area contributed by atoms with E-state index in [0.717, 1.165) is 12.8 Å². The van der Waals surface area contributed by atoms with E-state index in [2.05, 4.69) is 20.6 Å². The maximum atomic E-state index is 12.6. The van der Waals surface area contributed by atoms with Crippen LogP contribution < -0.4 is 5.32 Å². The van der Waals surface area contributed by atoms with Crippen LogP contribution in [-0.2, 0) is 11.8 Å². The second-order valence-corrected chi connectivity index (χ2v) is 7.35. The molecule has 0 bridgehead atoms. The van der Waals surface area contributed by atoms with Crippen molar-refractivity contribution in [1.82, 2.24) is 30.2 Å². The fourth-order valence-corrected chi connectivity index (χ4v) is 4.07. The average molecular weight is 356 g/mol. The summed E-state index contributed by atoms with van der Waals surface area (Å²) >= 11 is 0. The summed E-state index contributed by atoms with van der Waals surface area (Å²) in [7, 11) is 1.76. The molecule has 1 saturated heterocycles. The van der Waals surface area contributed by atoms with E-state index >= 15 is 0 Å². The lowest BCUT2D eigenvalue weighted by atomic mass is 10.1. The van der Waals surface area contributed by atoms with Crippen molar-refractivity contribution in [2.75, 3.05) is 6.54 Å². The largest absolute Gasteiger partial charge is 0.347 e. The van der Waals surface area contributed by atoms with Crippen LogP contribution in [0.1, 0.15) is 55.3 Å². The summed E-state index contributed by atoms with van der Waals surface area (Å²) in [6.45, 7) is 0.607. The number of aromatic nitrogens is 4. The Kier molecular flexibility index (Phi) is 4.57. The van der Waals surface area contributed by atoms with Crippen molar-refractivity contribution in [2.45, 2.75) is 57.0 Å². The lowest BCUT2D eigenvalue weighted by Crippen LogP contribution is -2.40. The maximum absolute atomic E-state index is 12.6. The first-order valence-corrected chi connectivity index (χ1v) is 9.37. The summed E-state index contributed by atoms with van der Waals surface area (Å²) in [6, 6.07) is 1.88. The number of likely N-dealkylation sites (tertiary alicyclic amines) is 1. The molecule has 26 heavy (non-hydrogen) atoms. The highest BCUT2D eigenvalue weighted by molar-refractivity contribution is 5.97. The average Bonchev–Trinajstić information content (AvgIpc) is 3.05. The van der Waals surface area contributed by atoms with E-state index in [9.17, 15) is 9.59 Å². The Labute approximate surface area is 151 Å². The molecule has 1 atom stereocenters. The molecular formula is C18H24N6O2. The molecule has 4 rings (SSSR count). The molecule has 2 amide bonds. The molecule has 2 aliphatic rings. The first-order chi connectivity index (χ1) is 12.6. The first kappa shape index (κ1) is 16.9. The number of rotatable bonds is 3. The van der Waals surface area contributed by atoms with Crippen LogP contribution in [0.4, 0.5) is 0 Å². The topological polar surface area (TPSA) is 93.0 Å². The van der Waals surface area contributed by atoms with E-state index < -0.39 is 0 Å². The number of aryl methyl sites for hydroxylation is 1. The van der Waals surface area contributed by atoms with Crippen molar-refractivity contribution in [3.63, 3.8) is 0 Å². The highest BCUT2D eigenvalue weighted by Gasteiger charge is 2.35. The quantitative estimate of drug-likeness (QED) is 0.840. The molecule has 0 spiro atoms. The number of nitrogens with zero attached hydrogens (tertiary/aromatic N) is 5. The lowest BCUT2D eigenvalue weighted by molar-refractivity contribution is -0.129. The Balaban J connectivity index is 1.41. The molecule has 2 aromatic heterocycles. The van der Waals surface area contributed by atoms with Crippen LogP contribution in [0.3, 0.4) is 0 Å². The smallest absolute Gasteiger partial charge is 0.253 e. The van der Waals surface area contributed by atoms with Crippen molar-refractivity contribution in [3.05, 3.63) is 17.8 Å². The van der Waals surface area contributed by atoms with Gasteiger partial charge in [0, 0.05) is 32.3 Å². The molecule has 3 heterocycles. The van der Waals surface area contributed by atoms with Crippen LogP contribution in [0.15, 0.2) is 12.3 Å². The van der Waals surface area contributed by atoms with Gasteiger partial charge >= 0.3 is 0 Å². The van der Waals surface area contributed by atoms with Crippen molar-refractivity contribution in [3.8, 4) is 0 Å². The number of nitrogens with one attached hydrogen (secondary N) is 1. The monoisotopic (exact) mass is 356 g/mol. The van der Waals surface area contributed by atoms with Crippen LogP contribution in [0, 0.1) is 0 Å². The van der Waals surface area contributed by atoms with E-state index in [-0.39, 0.29) is 17.9 Å². The molecule has 138 valence electrons. The number of hydrogen-bond donors (Lipinski definition) is 1. The Bertz CT molecular complexity index is 824. The van der Waals surface area contributed by atoms with Gasteiger partial charge < -0.3 is 10.2 Å². The third-order valence-electron chi connectivity index (χ3n) is 5.46. The van der Waals surface area contributed by atoms with Crippen molar-refractivity contribution in [2.24, 2.45) is 7.05 Å². The van der Waals surface area contributed by atoms with Gasteiger partial charge in [0.25, 0.3) is 5.91 Å². The fourth-order valence-electron chi connectivity index (χ4n) is 4.07. The van der Waals surface area contributed by atoms with Gasteiger partial charge in [-0.25, -0.2) is 9.67 Å². The summed E-state index contributed by atoms with van der Waals surface area (Å²) in [5, 5.41) is 10.9. The SMILES string of the molecule is Cn1nnc2cc(C(=O)NC3CC(=O)N(C4CCCCCC4)C3)cnc21. The van der Waals surface area contributed by atoms with Crippen LogP contribution in [0.2, 0.25) is 0 Å². The molecule has 1 aliphatic carbocycles. The third kappa shape index (κ3) is 3.27. The Hall–Kier alpha value is -2.51. The highest BCUT2D eigenvalue weighted by atomic mass is 16.2. The fraction of sp³-hybridized carbons (Fsp3) is 0.611. The Morgan fingerprint density at radius 1 is 1.23 bits per heavy atom. The van der Waals surface area contributed by atoms with Gasteiger partial charge in [-0.05, 0) is 18.9 Å². The van der Waals surface area contributed by atoms with Crippen LogP contribution in [-0.4, -0.2) is 55.3 Å². The van der Waals surface area contributed by atoms with Crippen LogP contribution in [0.5, 0.6) is 0 Å². The van der Waals surface area contributed by atoms with E-state index in [1.807, 2.05) is 4.90 Å². The zero-order valence-corrected chi connectivity index (χ0v) is 15.0. The molecule has 0 aromatic carbocycles. The molecule has 8 heteroatoms. The van der Waals surface area contributed by atoms with Crippen LogP contribution >= 0.6 is 0 Å². The standard InChI is InChI=1S/C18H24N6O2/c1-23-17-15(21-22-23)8-12(10-19-17)18(26)20-13-9-16(25)24(11-13)14-6-4-2-3-5-7-14/h8,10,13-14H,2-7,9,11H2,1H3,(H,20,26). The molecule has 1 saturated carbocycles. The summed E-state index contributed by atoms with van der Waals surface area (Å²) in [4.78, 5) is 31.2. The van der Waals surface area contributed by atoms with Gasteiger partial charge in [0.05, 0.1) is 11.6 Å². The number of carbonyl (C=O) groups excluding carboxylic acids is 2. The molecule has 8 nitrogen and oxygen atoms in total. The van der Waals surface area contributed by atoms with Crippen molar-refractivity contribution in [1.29, 1.82) is 0 Å². The van der Waals surface area contributed by atoms with Gasteiger partial charge in [0.2, 0.25) is 5.91 Å². The summed E-state index contributed by atoms with van der Waals surface area (Å²) < 4.78 is 1.57. The third-order valence-corrected chi connectivity index (χ3v) is 5.46. The molecule has 1 aliphatic heterocycles. The minimum atomic E-state index is -0.217. The normalized spacial score (nSPS) is 22.0. The molecule has 0 radical (unpaired) electrons. The van der Waals surface area contributed by atoms with Gasteiger partial charge in [-0.15, -0.1) is 5.10 Å². The number of pyridine rings is 1.